The summed E-state index contributed by atoms with van der Waals surface area (Å²) in [4.78, 5) is 14.4. The maximum absolute atomic E-state index is 12.4. The third kappa shape index (κ3) is 4.14. The number of carbonyl (C=O) groups is 1. The van der Waals surface area contributed by atoms with E-state index in [4.69, 9.17) is 5.73 Å². The number of carbonyl (C=O) groups excluding carboxylic acids is 1. The summed E-state index contributed by atoms with van der Waals surface area (Å²) in [7, 11) is 0. The lowest BCUT2D eigenvalue weighted by molar-refractivity contribution is 0.0759. The molecule has 1 aliphatic rings. The molecule has 2 N–H and O–H groups in total. The number of benzene rings is 1. The van der Waals surface area contributed by atoms with Crippen molar-refractivity contribution in [2.45, 2.75) is 33.1 Å². The number of nitrogen functional groups attached to an aromatic ring is 1. The van der Waals surface area contributed by atoms with Gasteiger partial charge in [0.2, 0.25) is 0 Å². The van der Waals surface area contributed by atoms with Gasteiger partial charge >= 0.3 is 0 Å². The quantitative estimate of drug-likeness (QED) is 0.848. The smallest absolute Gasteiger partial charge is 0.253 e. The monoisotopic (exact) mass is 296 g/mol. The van der Waals surface area contributed by atoms with Gasteiger partial charge in [-0.3, -0.25) is 4.79 Å². The predicted octanol–water partition coefficient (Wildman–Crippen LogP) is 3.59. The van der Waals surface area contributed by atoms with E-state index in [1.807, 2.05) is 17.0 Å². The Kier molecular flexibility index (Phi) is 6.34. The van der Waals surface area contributed by atoms with Crippen LogP contribution < -0.4 is 5.73 Å². The summed E-state index contributed by atoms with van der Waals surface area (Å²) in [5.41, 5.74) is 7.11. The molecule has 0 bridgehead atoms. The molecule has 0 saturated carbocycles. The molecule has 1 aromatic rings. The van der Waals surface area contributed by atoms with Gasteiger partial charge in [0, 0.05) is 24.3 Å². The average molecular weight is 297 g/mol. The fourth-order valence-electron chi connectivity index (χ4n) is 2.80. The second-order valence-corrected chi connectivity index (χ2v) is 5.85. The van der Waals surface area contributed by atoms with Gasteiger partial charge < -0.3 is 10.6 Å². The Morgan fingerprint density at radius 2 is 1.85 bits per heavy atom. The van der Waals surface area contributed by atoms with Gasteiger partial charge in [0.25, 0.3) is 5.91 Å². The number of likely N-dealkylation sites (tertiary alicyclic amines) is 1. The van der Waals surface area contributed by atoms with Crippen molar-refractivity contribution in [1.82, 2.24) is 4.90 Å². The molecule has 1 unspecified atom stereocenters. The van der Waals surface area contributed by atoms with Crippen molar-refractivity contribution in [1.29, 1.82) is 0 Å². The van der Waals surface area contributed by atoms with Gasteiger partial charge in [0.15, 0.2) is 0 Å². The summed E-state index contributed by atoms with van der Waals surface area (Å²) in [6.45, 7) is 6.32. The minimum absolute atomic E-state index is 0. The summed E-state index contributed by atoms with van der Waals surface area (Å²) in [5, 5.41) is 0. The van der Waals surface area contributed by atoms with Crippen LogP contribution in [-0.4, -0.2) is 23.9 Å². The van der Waals surface area contributed by atoms with Gasteiger partial charge in [-0.2, -0.15) is 0 Å². The van der Waals surface area contributed by atoms with Crippen molar-refractivity contribution in [3.63, 3.8) is 0 Å². The highest BCUT2D eigenvalue weighted by Crippen LogP contribution is 2.25. The molecule has 2 rings (SSSR count). The molecule has 1 saturated heterocycles. The zero-order valence-electron chi connectivity index (χ0n) is 12.3. The Labute approximate surface area is 127 Å². The first-order valence-electron chi connectivity index (χ1n) is 7.22. The SMILES string of the molecule is CC(C)C1CCCN(C(=O)c2ccc(N)cc2)CC1.Cl. The van der Waals surface area contributed by atoms with Crippen molar-refractivity contribution in [3.8, 4) is 0 Å². The first kappa shape index (κ1) is 16.8. The van der Waals surface area contributed by atoms with Gasteiger partial charge in [0.1, 0.15) is 0 Å². The van der Waals surface area contributed by atoms with E-state index in [0.29, 0.717) is 11.6 Å². The molecular formula is C16H25ClN2O. The molecule has 1 fully saturated rings. The third-order valence-corrected chi connectivity index (χ3v) is 4.16. The molecule has 20 heavy (non-hydrogen) atoms. The molecule has 1 heterocycles. The molecule has 112 valence electrons. The molecule has 0 spiro atoms. The molecule has 1 atom stereocenters. The van der Waals surface area contributed by atoms with E-state index in [9.17, 15) is 4.79 Å². The first-order valence-corrected chi connectivity index (χ1v) is 7.22. The number of rotatable bonds is 2. The second kappa shape index (κ2) is 7.53. The van der Waals surface area contributed by atoms with E-state index in [1.165, 1.54) is 6.42 Å². The lowest BCUT2D eigenvalue weighted by Crippen LogP contribution is -2.32. The standard InChI is InChI=1S/C16H24N2O.ClH/c1-12(2)13-4-3-10-18(11-9-13)16(19)14-5-7-15(17)8-6-14;/h5-8,12-13H,3-4,9-11,17H2,1-2H3;1H. The summed E-state index contributed by atoms with van der Waals surface area (Å²) >= 11 is 0. The molecular weight excluding hydrogens is 272 g/mol. The van der Waals surface area contributed by atoms with Crippen molar-refractivity contribution in [3.05, 3.63) is 29.8 Å². The molecule has 3 nitrogen and oxygen atoms in total. The Morgan fingerprint density at radius 1 is 1.20 bits per heavy atom. The molecule has 0 aliphatic carbocycles. The Hall–Kier alpha value is -1.22. The normalized spacial score (nSPS) is 19.4. The molecule has 1 aliphatic heterocycles. The van der Waals surface area contributed by atoms with Crippen molar-refractivity contribution >= 4 is 24.0 Å². The minimum Gasteiger partial charge on any atom is -0.399 e. The summed E-state index contributed by atoms with van der Waals surface area (Å²) in [5.74, 6) is 1.61. The lowest BCUT2D eigenvalue weighted by Gasteiger charge is -2.21. The fraction of sp³-hybridized carbons (Fsp3) is 0.562. The van der Waals surface area contributed by atoms with Crippen LogP contribution in [0, 0.1) is 11.8 Å². The van der Waals surface area contributed by atoms with Gasteiger partial charge in [-0.15, -0.1) is 12.4 Å². The first-order chi connectivity index (χ1) is 9.08. The second-order valence-electron chi connectivity index (χ2n) is 5.85. The molecule has 1 amide bonds. The number of nitrogens with zero attached hydrogens (tertiary/aromatic N) is 1. The average Bonchev–Trinajstić information content (AvgIpc) is 2.64. The van der Waals surface area contributed by atoms with Crippen LogP contribution in [0.1, 0.15) is 43.5 Å². The highest BCUT2D eigenvalue weighted by molar-refractivity contribution is 5.94. The van der Waals surface area contributed by atoms with Crippen LogP contribution >= 0.6 is 12.4 Å². The van der Waals surface area contributed by atoms with E-state index < -0.39 is 0 Å². The van der Waals surface area contributed by atoms with Crippen LogP contribution in [0.4, 0.5) is 5.69 Å². The van der Waals surface area contributed by atoms with Crippen LogP contribution in [0.2, 0.25) is 0 Å². The van der Waals surface area contributed by atoms with Crippen LogP contribution in [-0.2, 0) is 0 Å². The molecule has 0 aromatic heterocycles. The van der Waals surface area contributed by atoms with E-state index >= 15 is 0 Å². The van der Waals surface area contributed by atoms with Crippen LogP contribution in [0.15, 0.2) is 24.3 Å². The zero-order chi connectivity index (χ0) is 13.8. The minimum atomic E-state index is 0. The maximum Gasteiger partial charge on any atom is 0.253 e. The zero-order valence-corrected chi connectivity index (χ0v) is 13.2. The molecule has 0 radical (unpaired) electrons. The Balaban J connectivity index is 0.00000200. The highest BCUT2D eigenvalue weighted by Gasteiger charge is 2.22. The van der Waals surface area contributed by atoms with E-state index in [1.54, 1.807) is 12.1 Å². The number of anilines is 1. The van der Waals surface area contributed by atoms with E-state index in [-0.39, 0.29) is 18.3 Å². The summed E-state index contributed by atoms with van der Waals surface area (Å²) in [6, 6.07) is 7.23. The maximum atomic E-state index is 12.4. The van der Waals surface area contributed by atoms with Gasteiger partial charge in [0.05, 0.1) is 0 Å². The molecule has 1 aromatic carbocycles. The number of nitrogens with two attached hydrogens (primary N) is 1. The fourth-order valence-corrected chi connectivity index (χ4v) is 2.80. The predicted molar refractivity (Wildman–Crippen MR) is 86.2 cm³/mol. The van der Waals surface area contributed by atoms with Gasteiger partial charge in [-0.05, 0) is 55.4 Å². The van der Waals surface area contributed by atoms with E-state index in [2.05, 4.69) is 13.8 Å². The van der Waals surface area contributed by atoms with Crippen molar-refractivity contribution < 1.29 is 4.79 Å². The third-order valence-electron chi connectivity index (χ3n) is 4.16. The van der Waals surface area contributed by atoms with Gasteiger partial charge in [-0.1, -0.05) is 13.8 Å². The number of halogens is 1. The Morgan fingerprint density at radius 3 is 2.45 bits per heavy atom. The lowest BCUT2D eigenvalue weighted by atomic mass is 9.89. The largest absolute Gasteiger partial charge is 0.399 e. The van der Waals surface area contributed by atoms with Crippen molar-refractivity contribution in [2.24, 2.45) is 11.8 Å². The van der Waals surface area contributed by atoms with Crippen molar-refractivity contribution in [2.75, 3.05) is 18.8 Å². The topological polar surface area (TPSA) is 46.3 Å². The van der Waals surface area contributed by atoms with Crippen LogP contribution in [0.25, 0.3) is 0 Å². The van der Waals surface area contributed by atoms with Crippen LogP contribution in [0.3, 0.4) is 0 Å². The van der Waals surface area contributed by atoms with Crippen LogP contribution in [0.5, 0.6) is 0 Å². The van der Waals surface area contributed by atoms with Gasteiger partial charge in [-0.25, -0.2) is 0 Å². The number of amides is 1. The summed E-state index contributed by atoms with van der Waals surface area (Å²) < 4.78 is 0. The molecule has 4 heteroatoms. The van der Waals surface area contributed by atoms with E-state index in [0.717, 1.165) is 37.4 Å². The number of hydrogen-bond donors (Lipinski definition) is 1. The Bertz CT molecular complexity index is 431. The highest BCUT2D eigenvalue weighted by atomic mass is 35.5. The summed E-state index contributed by atoms with van der Waals surface area (Å²) in [6.07, 6.45) is 3.48. The number of hydrogen-bond acceptors (Lipinski definition) is 2.